The van der Waals surface area contributed by atoms with Gasteiger partial charge in [-0.15, -0.1) is 0 Å². The molecule has 0 spiro atoms. The van der Waals surface area contributed by atoms with E-state index in [2.05, 4.69) is 15.1 Å². The van der Waals surface area contributed by atoms with Crippen molar-refractivity contribution >= 4 is 34.4 Å². The third-order valence-electron chi connectivity index (χ3n) is 4.25. The van der Waals surface area contributed by atoms with Crippen LogP contribution in [0.25, 0.3) is 16.7 Å². The Bertz CT molecular complexity index is 1110. The fraction of sp³-hybridized carbons (Fsp3) is 0.100. The molecule has 0 saturated heterocycles. The van der Waals surface area contributed by atoms with Gasteiger partial charge in [-0.25, -0.2) is 19.0 Å². The number of aromatic nitrogens is 4. The molecule has 4 rings (SSSR count). The fourth-order valence-corrected chi connectivity index (χ4v) is 3.61. The number of hydrogen-bond donors (Lipinski definition) is 0. The molecule has 140 valence electrons. The fourth-order valence-electron chi connectivity index (χ4n) is 2.73. The van der Waals surface area contributed by atoms with E-state index in [4.69, 9.17) is 0 Å². The molecule has 0 fully saturated rings. The van der Waals surface area contributed by atoms with Crippen LogP contribution >= 0.6 is 11.8 Å². The van der Waals surface area contributed by atoms with E-state index in [-0.39, 0.29) is 17.5 Å². The van der Waals surface area contributed by atoms with E-state index < -0.39 is 0 Å². The number of hydrogen-bond acceptors (Lipinski definition) is 5. The van der Waals surface area contributed by atoms with Gasteiger partial charge in [0.15, 0.2) is 5.65 Å². The minimum atomic E-state index is -0.313. The second-order valence-electron chi connectivity index (χ2n) is 6.03. The predicted molar refractivity (Wildman–Crippen MR) is 107 cm³/mol. The summed E-state index contributed by atoms with van der Waals surface area (Å²) in [7, 11) is 1.75. The van der Waals surface area contributed by atoms with Crippen LogP contribution in [0.4, 0.5) is 10.1 Å². The molecule has 2 aromatic heterocycles. The molecule has 0 radical (unpaired) electrons. The SMILES string of the molecule is CN(C(=O)CSc1ncnc2c1cnn2-c1ccc(F)cc1)c1ccccc1. The molecule has 6 nitrogen and oxygen atoms in total. The van der Waals surface area contributed by atoms with Crippen LogP contribution in [-0.4, -0.2) is 38.5 Å². The number of benzene rings is 2. The lowest BCUT2D eigenvalue weighted by Gasteiger charge is -2.16. The zero-order chi connectivity index (χ0) is 19.5. The highest BCUT2D eigenvalue weighted by molar-refractivity contribution is 8.00. The molecule has 4 aromatic rings. The number of carbonyl (C=O) groups is 1. The average Bonchev–Trinajstić information content (AvgIpc) is 3.17. The standard InChI is InChI=1S/C20H16FN5OS/c1-25(15-5-3-2-4-6-15)18(27)12-28-20-17-11-24-26(19(17)22-13-23-20)16-9-7-14(21)8-10-16/h2-11,13H,12H2,1H3. The lowest BCUT2D eigenvalue weighted by atomic mass is 10.3. The van der Waals surface area contributed by atoms with Crippen molar-refractivity contribution in [1.82, 2.24) is 19.7 Å². The molecule has 28 heavy (non-hydrogen) atoms. The van der Waals surface area contributed by atoms with Crippen LogP contribution in [0, 0.1) is 5.82 Å². The zero-order valence-corrected chi connectivity index (χ0v) is 15.8. The van der Waals surface area contributed by atoms with Crippen molar-refractivity contribution in [1.29, 1.82) is 0 Å². The molecular weight excluding hydrogens is 377 g/mol. The van der Waals surface area contributed by atoms with E-state index >= 15 is 0 Å². The van der Waals surface area contributed by atoms with Gasteiger partial charge in [0.05, 0.1) is 23.0 Å². The molecular formula is C20H16FN5OS. The van der Waals surface area contributed by atoms with Crippen molar-refractivity contribution < 1.29 is 9.18 Å². The number of nitrogens with zero attached hydrogens (tertiary/aromatic N) is 5. The zero-order valence-electron chi connectivity index (χ0n) is 15.0. The Hall–Kier alpha value is -3.26. The highest BCUT2D eigenvalue weighted by Gasteiger charge is 2.15. The van der Waals surface area contributed by atoms with E-state index in [0.717, 1.165) is 11.1 Å². The lowest BCUT2D eigenvalue weighted by molar-refractivity contribution is -0.115. The third-order valence-corrected chi connectivity index (χ3v) is 5.24. The second-order valence-corrected chi connectivity index (χ2v) is 6.99. The van der Waals surface area contributed by atoms with Crippen LogP contribution < -0.4 is 4.90 Å². The quantitative estimate of drug-likeness (QED) is 0.382. The minimum Gasteiger partial charge on any atom is -0.315 e. The first-order chi connectivity index (χ1) is 13.6. The Kier molecular flexibility index (Phi) is 5.03. The van der Waals surface area contributed by atoms with Crippen LogP contribution in [0.5, 0.6) is 0 Å². The van der Waals surface area contributed by atoms with Gasteiger partial charge in [-0.1, -0.05) is 30.0 Å². The molecule has 2 aromatic carbocycles. The number of halogens is 1. The highest BCUT2D eigenvalue weighted by Crippen LogP contribution is 2.26. The summed E-state index contributed by atoms with van der Waals surface area (Å²) in [6.07, 6.45) is 3.10. The van der Waals surface area contributed by atoms with Crippen LogP contribution in [0.3, 0.4) is 0 Å². The van der Waals surface area contributed by atoms with E-state index in [1.165, 1.54) is 30.2 Å². The van der Waals surface area contributed by atoms with Gasteiger partial charge in [0.2, 0.25) is 5.91 Å². The van der Waals surface area contributed by atoms with Crippen molar-refractivity contribution in [2.75, 3.05) is 17.7 Å². The Morgan fingerprint density at radius 3 is 2.61 bits per heavy atom. The Balaban J connectivity index is 1.55. The van der Waals surface area contributed by atoms with Crippen molar-refractivity contribution in [3.63, 3.8) is 0 Å². The van der Waals surface area contributed by atoms with Crippen LogP contribution in [-0.2, 0) is 4.79 Å². The van der Waals surface area contributed by atoms with Gasteiger partial charge >= 0.3 is 0 Å². The summed E-state index contributed by atoms with van der Waals surface area (Å²) in [6.45, 7) is 0. The van der Waals surface area contributed by atoms with Gasteiger partial charge in [0.1, 0.15) is 17.2 Å². The molecule has 0 aliphatic rings. The van der Waals surface area contributed by atoms with Crippen LogP contribution in [0.2, 0.25) is 0 Å². The second kappa shape index (κ2) is 7.77. The first-order valence-electron chi connectivity index (χ1n) is 8.52. The van der Waals surface area contributed by atoms with Crippen molar-refractivity contribution in [3.05, 3.63) is 72.9 Å². The van der Waals surface area contributed by atoms with Crippen molar-refractivity contribution in [3.8, 4) is 5.69 Å². The number of anilines is 1. The molecule has 0 N–H and O–H groups in total. The summed E-state index contributed by atoms with van der Waals surface area (Å²) in [5, 5.41) is 5.77. The van der Waals surface area contributed by atoms with Crippen LogP contribution in [0.1, 0.15) is 0 Å². The van der Waals surface area contributed by atoms with Crippen LogP contribution in [0.15, 0.2) is 72.1 Å². The first-order valence-corrected chi connectivity index (χ1v) is 9.51. The Morgan fingerprint density at radius 2 is 1.86 bits per heavy atom. The van der Waals surface area contributed by atoms with E-state index in [1.54, 1.807) is 35.0 Å². The summed E-state index contributed by atoms with van der Waals surface area (Å²) in [4.78, 5) is 22.7. The number of rotatable bonds is 5. The molecule has 1 amide bonds. The topological polar surface area (TPSA) is 63.9 Å². The maximum atomic E-state index is 13.2. The molecule has 0 aliphatic heterocycles. The minimum absolute atomic E-state index is 0.0334. The number of amides is 1. The van der Waals surface area contributed by atoms with Crippen molar-refractivity contribution in [2.24, 2.45) is 0 Å². The van der Waals surface area contributed by atoms with Crippen molar-refractivity contribution in [2.45, 2.75) is 5.03 Å². The maximum Gasteiger partial charge on any atom is 0.237 e. The average molecular weight is 393 g/mol. The summed E-state index contributed by atoms with van der Waals surface area (Å²) in [5.74, 6) is -0.111. The molecule has 0 atom stereocenters. The van der Waals surface area contributed by atoms with Gasteiger partial charge in [0, 0.05) is 12.7 Å². The number of fused-ring (bicyclic) bond motifs is 1. The van der Waals surface area contributed by atoms with Gasteiger partial charge in [0.25, 0.3) is 0 Å². The third kappa shape index (κ3) is 3.59. The van der Waals surface area contributed by atoms with E-state index in [9.17, 15) is 9.18 Å². The summed E-state index contributed by atoms with van der Waals surface area (Å²) in [5.41, 5.74) is 2.14. The molecule has 0 aliphatic carbocycles. The van der Waals surface area contributed by atoms with Gasteiger partial charge in [-0.3, -0.25) is 4.79 Å². The predicted octanol–water partition coefficient (Wildman–Crippen LogP) is 3.71. The molecule has 2 heterocycles. The maximum absolute atomic E-state index is 13.2. The normalized spacial score (nSPS) is 10.9. The van der Waals surface area contributed by atoms with E-state index in [0.29, 0.717) is 16.4 Å². The monoisotopic (exact) mass is 393 g/mol. The van der Waals surface area contributed by atoms with E-state index in [1.807, 2.05) is 30.3 Å². The molecule has 0 unspecified atom stereocenters. The summed E-state index contributed by atoms with van der Waals surface area (Å²) < 4.78 is 14.8. The molecule has 0 saturated carbocycles. The summed E-state index contributed by atoms with van der Waals surface area (Å²) in [6, 6.07) is 15.5. The first kappa shape index (κ1) is 18.1. The number of para-hydroxylation sites is 1. The van der Waals surface area contributed by atoms with Gasteiger partial charge < -0.3 is 4.90 Å². The smallest absolute Gasteiger partial charge is 0.237 e. The molecule has 0 bridgehead atoms. The molecule has 8 heteroatoms. The number of thioether (sulfide) groups is 1. The Morgan fingerprint density at radius 1 is 1.11 bits per heavy atom. The van der Waals surface area contributed by atoms with Gasteiger partial charge in [-0.05, 0) is 36.4 Å². The number of carbonyl (C=O) groups excluding carboxylic acids is 1. The largest absolute Gasteiger partial charge is 0.315 e. The summed E-state index contributed by atoms with van der Waals surface area (Å²) >= 11 is 1.34. The Labute approximate surface area is 165 Å². The highest BCUT2D eigenvalue weighted by atomic mass is 32.2. The van der Waals surface area contributed by atoms with Gasteiger partial charge in [-0.2, -0.15) is 5.10 Å². The lowest BCUT2D eigenvalue weighted by Crippen LogP contribution is -2.27.